The molecule has 1 aliphatic rings. The third kappa shape index (κ3) is 1.85. The first-order valence-electron chi connectivity index (χ1n) is 6.16. The molecule has 0 bridgehead atoms. The molecule has 2 aromatic rings. The van der Waals surface area contributed by atoms with Crippen LogP contribution in [0, 0.1) is 5.92 Å². The van der Waals surface area contributed by atoms with E-state index in [-0.39, 0.29) is 5.92 Å². The first-order chi connectivity index (χ1) is 9.18. The standard InChI is InChI=1S/C15H13NO3/c17-14-13(15(18)19)12(8-16-14)11-7-3-5-9-4-1-2-6-10(9)11/h1-7,12-13H,8H2,(H,16,17)(H,18,19)/t12-,13+/m1/s1. The number of amides is 1. The average molecular weight is 255 g/mol. The Morgan fingerprint density at radius 2 is 1.89 bits per heavy atom. The lowest BCUT2D eigenvalue weighted by Gasteiger charge is -2.15. The number of carboxylic acid groups (broad SMARTS) is 1. The molecule has 4 nitrogen and oxygen atoms in total. The van der Waals surface area contributed by atoms with Crippen LogP contribution in [0.3, 0.4) is 0 Å². The Hall–Kier alpha value is -2.36. The quantitative estimate of drug-likeness (QED) is 0.803. The van der Waals surface area contributed by atoms with Crippen LogP contribution in [0.1, 0.15) is 11.5 Å². The fourth-order valence-electron chi connectivity index (χ4n) is 2.77. The van der Waals surface area contributed by atoms with E-state index in [1.807, 2.05) is 42.5 Å². The SMILES string of the molecule is O=C(O)[C@@H]1C(=O)NC[C@@H]1c1cccc2ccccc12. The lowest BCUT2D eigenvalue weighted by atomic mass is 9.86. The molecule has 96 valence electrons. The van der Waals surface area contributed by atoms with Gasteiger partial charge in [0.05, 0.1) is 0 Å². The number of hydrogen-bond donors (Lipinski definition) is 2. The molecule has 0 radical (unpaired) electrons. The Balaban J connectivity index is 2.14. The van der Waals surface area contributed by atoms with Crippen LogP contribution in [0.4, 0.5) is 0 Å². The van der Waals surface area contributed by atoms with E-state index in [1.165, 1.54) is 0 Å². The zero-order chi connectivity index (χ0) is 13.4. The lowest BCUT2D eigenvalue weighted by molar-refractivity contribution is -0.145. The van der Waals surface area contributed by atoms with Gasteiger partial charge in [0, 0.05) is 12.5 Å². The highest BCUT2D eigenvalue weighted by Gasteiger charge is 2.41. The van der Waals surface area contributed by atoms with Gasteiger partial charge in [-0.3, -0.25) is 9.59 Å². The third-order valence-electron chi connectivity index (χ3n) is 3.67. The number of carboxylic acids is 1. The van der Waals surface area contributed by atoms with E-state index in [2.05, 4.69) is 5.32 Å². The topological polar surface area (TPSA) is 66.4 Å². The van der Waals surface area contributed by atoms with Crippen LogP contribution in [0.2, 0.25) is 0 Å². The molecule has 1 aliphatic heterocycles. The molecule has 1 heterocycles. The van der Waals surface area contributed by atoms with Crippen LogP contribution in [0.15, 0.2) is 42.5 Å². The molecule has 0 saturated carbocycles. The van der Waals surface area contributed by atoms with Crippen molar-refractivity contribution in [1.29, 1.82) is 0 Å². The van der Waals surface area contributed by atoms with Gasteiger partial charge in [-0.2, -0.15) is 0 Å². The molecule has 19 heavy (non-hydrogen) atoms. The van der Waals surface area contributed by atoms with Crippen LogP contribution in [-0.4, -0.2) is 23.5 Å². The minimum atomic E-state index is -1.06. The maximum Gasteiger partial charge on any atom is 0.316 e. The number of nitrogens with one attached hydrogen (secondary N) is 1. The number of hydrogen-bond acceptors (Lipinski definition) is 2. The molecular formula is C15H13NO3. The third-order valence-corrected chi connectivity index (χ3v) is 3.67. The van der Waals surface area contributed by atoms with Crippen LogP contribution >= 0.6 is 0 Å². The van der Waals surface area contributed by atoms with Crippen molar-refractivity contribution >= 4 is 22.6 Å². The van der Waals surface area contributed by atoms with Crippen molar-refractivity contribution in [2.45, 2.75) is 5.92 Å². The molecule has 0 unspecified atom stereocenters. The Kier molecular flexibility index (Phi) is 2.71. The molecule has 3 rings (SSSR count). The van der Waals surface area contributed by atoms with Gasteiger partial charge < -0.3 is 10.4 Å². The Bertz CT molecular complexity index is 660. The average Bonchev–Trinajstić information content (AvgIpc) is 2.80. The normalized spacial score (nSPS) is 22.4. The Morgan fingerprint density at radius 3 is 2.68 bits per heavy atom. The van der Waals surface area contributed by atoms with Gasteiger partial charge in [-0.05, 0) is 16.3 Å². The number of fused-ring (bicyclic) bond motifs is 1. The Morgan fingerprint density at radius 1 is 1.16 bits per heavy atom. The van der Waals surface area contributed by atoms with E-state index < -0.39 is 17.8 Å². The van der Waals surface area contributed by atoms with Crippen LogP contribution in [0.5, 0.6) is 0 Å². The summed E-state index contributed by atoms with van der Waals surface area (Å²) in [6, 6.07) is 13.6. The second-order valence-corrected chi connectivity index (χ2v) is 4.74. The summed E-state index contributed by atoms with van der Waals surface area (Å²) >= 11 is 0. The molecule has 1 saturated heterocycles. The largest absolute Gasteiger partial charge is 0.481 e. The fraction of sp³-hybridized carbons (Fsp3) is 0.200. The van der Waals surface area contributed by atoms with Crippen LogP contribution in [-0.2, 0) is 9.59 Å². The van der Waals surface area contributed by atoms with Crippen molar-refractivity contribution in [2.75, 3.05) is 6.54 Å². The molecule has 2 N–H and O–H groups in total. The monoisotopic (exact) mass is 255 g/mol. The zero-order valence-corrected chi connectivity index (χ0v) is 10.2. The van der Waals surface area contributed by atoms with Gasteiger partial charge >= 0.3 is 5.97 Å². The summed E-state index contributed by atoms with van der Waals surface area (Å²) in [5.74, 6) is -2.76. The van der Waals surface area contributed by atoms with Crippen molar-refractivity contribution in [2.24, 2.45) is 5.92 Å². The highest BCUT2D eigenvalue weighted by Crippen LogP contribution is 2.33. The summed E-state index contributed by atoms with van der Waals surface area (Å²) in [5, 5.41) is 13.9. The second kappa shape index (κ2) is 4.39. The lowest BCUT2D eigenvalue weighted by Crippen LogP contribution is -2.26. The highest BCUT2D eigenvalue weighted by molar-refractivity contribution is 6.01. The molecule has 2 atom stereocenters. The molecule has 2 aromatic carbocycles. The molecule has 4 heteroatoms. The highest BCUT2D eigenvalue weighted by atomic mass is 16.4. The maximum atomic E-state index is 11.6. The number of rotatable bonds is 2. The fourth-order valence-corrected chi connectivity index (χ4v) is 2.77. The van der Waals surface area contributed by atoms with Crippen LogP contribution in [0.25, 0.3) is 10.8 Å². The van der Waals surface area contributed by atoms with E-state index in [4.69, 9.17) is 0 Å². The minimum Gasteiger partial charge on any atom is -0.481 e. The molecule has 0 aliphatic carbocycles. The number of carbonyl (C=O) groups excluding carboxylic acids is 1. The first-order valence-corrected chi connectivity index (χ1v) is 6.16. The van der Waals surface area contributed by atoms with E-state index in [0.717, 1.165) is 16.3 Å². The molecular weight excluding hydrogens is 242 g/mol. The van der Waals surface area contributed by atoms with Crippen molar-refractivity contribution in [3.05, 3.63) is 48.0 Å². The first kappa shape index (κ1) is 11.7. The summed E-state index contributed by atoms with van der Waals surface area (Å²) < 4.78 is 0. The van der Waals surface area contributed by atoms with Gasteiger partial charge in [0.1, 0.15) is 5.92 Å². The number of aliphatic carboxylic acids is 1. The predicted octanol–water partition coefficient (Wildman–Crippen LogP) is 1.75. The maximum absolute atomic E-state index is 11.6. The van der Waals surface area contributed by atoms with Crippen molar-refractivity contribution < 1.29 is 14.7 Å². The summed E-state index contributed by atoms with van der Waals surface area (Å²) in [5.41, 5.74) is 0.920. The van der Waals surface area contributed by atoms with Gasteiger partial charge in [-0.1, -0.05) is 42.5 Å². The van der Waals surface area contributed by atoms with Crippen molar-refractivity contribution in [3.63, 3.8) is 0 Å². The minimum absolute atomic E-state index is 0.309. The van der Waals surface area contributed by atoms with E-state index in [1.54, 1.807) is 0 Å². The van der Waals surface area contributed by atoms with Crippen LogP contribution < -0.4 is 5.32 Å². The number of benzene rings is 2. The molecule has 0 aromatic heterocycles. The molecule has 1 fully saturated rings. The summed E-state index contributed by atoms with van der Waals surface area (Å²) in [6.07, 6.45) is 0. The summed E-state index contributed by atoms with van der Waals surface area (Å²) in [4.78, 5) is 22.9. The van der Waals surface area contributed by atoms with Crippen molar-refractivity contribution in [3.8, 4) is 0 Å². The molecule has 0 spiro atoms. The summed E-state index contributed by atoms with van der Waals surface area (Å²) in [6.45, 7) is 0.379. The number of carbonyl (C=O) groups is 2. The van der Waals surface area contributed by atoms with E-state index >= 15 is 0 Å². The Labute approximate surface area is 110 Å². The zero-order valence-electron chi connectivity index (χ0n) is 10.2. The second-order valence-electron chi connectivity index (χ2n) is 4.74. The van der Waals surface area contributed by atoms with Gasteiger partial charge in [-0.15, -0.1) is 0 Å². The van der Waals surface area contributed by atoms with Gasteiger partial charge in [0.2, 0.25) is 5.91 Å². The molecule has 1 amide bonds. The van der Waals surface area contributed by atoms with E-state index in [9.17, 15) is 14.7 Å². The van der Waals surface area contributed by atoms with Gasteiger partial charge in [-0.25, -0.2) is 0 Å². The van der Waals surface area contributed by atoms with Gasteiger partial charge in [0.25, 0.3) is 0 Å². The van der Waals surface area contributed by atoms with Gasteiger partial charge in [0.15, 0.2) is 0 Å². The predicted molar refractivity (Wildman–Crippen MR) is 70.8 cm³/mol. The van der Waals surface area contributed by atoms with E-state index in [0.29, 0.717) is 6.54 Å². The smallest absolute Gasteiger partial charge is 0.316 e. The summed E-state index contributed by atoms with van der Waals surface area (Å²) in [7, 11) is 0. The van der Waals surface area contributed by atoms with Crippen molar-refractivity contribution in [1.82, 2.24) is 5.32 Å².